The van der Waals surface area contributed by atoms with Gasteiger partial charge in [0.1, 0.15) is 12.1 Å². The highest BCUT2D eigenvalue weighted by molar-refractivity contribution is 8.00. The monoisotopic (exact) mass is 654 g/mol. The van der Waals surface area contributed by atoms with Crippen LogP contribution in [-0.2, 0) is 25.6 Å². The van der Waals surface area contributed by atoms with Gasteiger partial charge in [-0.15, -0.1) is 11.8 Å². The number of aliphatic hydroxyl groups excluding tert-OH is 2. The summed E-state index contributed by atoms with van der Waals surface area (Å²) in [6, 6.07) is 14.5. The van der Waals surface area contributed by atoms with E-state index in [1.54, 1.807) is 51.1 Å². The summed E-state index contributed by atoms with van der Waals surface area (Å²) in [5.74, 6) is -2.16. The van der Waals surface area contributed by atoms with E-state index in [1.807, 2.05) is 65.0 Å². The second-order valence-electron chi connectivity index (χ2n) is 14.7. The smallest absolute Gasteiger partial charge is 0.254 e. The van der Waals surface area contributed by atoms with Gasteiger partial charge in [-0.25, -0.2) is 0 Å². The first-order valence-corrected chi connectivity index (χ1v) is 16.6. The molecule has 1 heterocycles. The minimum Gasteiger partial charge on any atom is -0.381 e. The molecule has 2 aromatic rings. The third kappa shape index (κ3) is 9.80. The standard InChI is InChI=1S/C35H50N4O6S/c1-33(2,3)20-36-31(44)28-35(7,8)46-21-39(28)32(45)26(41)24(19-22-15-11-9-12-16-22)37-30(43)27(34(4,5)6)38-29(42)25(40)23-17-13-10-14-18-23/h9-18,24-28,40-41H,19-21H2,1-8H3,(H,36,44)(H,37,43)(H,38,42)/t24-,25-,26-,27+,28+/m0/s1. The third-order valence-electron chi connectivity index (χ3n) is 7.91. The van der Waals surface area contributed by atoms with Gasteiger partial charge in [0.15, 0.2) is 12.2 Å². The number of rotatable bonds is 11. The van der Waals surface area contributed by atoms with Crippen molar-refractivity contribution in [3.05, 3.63) is 71.8 Å². The largest absolute Gasteiger partial charge is 0.381 e. The van der Waals surface area contributed by atoms with Crippen LogP contribution in [0.1, 0.15) is 72.6 Å². The number of hydrogen-bond donors (Lipinski definition) is 5. The zero-order valence-corrected chi connectivity index (χ0v) is 29.0. The van der Waals surface area contributed by atoms with Gasteiger partial charge in [-0.1, -0.05) is 102 Å². The molecule has 46 heavy (non-hydrogen) atoms. The average molecular weight is 655 g/mol. The summed E-state index contributed by atoms with van der Waals surface area (Å²) in [6.45, 7) is 15.5. The first-order valence-electron chi connectivity index (χ1n) is 15.6. The molecule has 0 unspecified atom stereocenters. The number of hydrogen-bond acceptors (Lipinski definition) is 7. The quantitative estimate of drug-likeness (QED) is 0.250. The van der Waals surface area contributed by atoms with E-state index in [4.69, 9.17) is 0 Å². The highest BCUT2D eigenvalue weighted by Gasteiger charge is 2.50. The molecule has 252 valence electrons. The molecule has 1 aliphatic rings. The summed E-state index contributed by atoms with van der Waals surface area (Å²) in [4.78, 5) is 55.7. The number of amides is 4. The molecular formula is C35H50N4O6S. The molecule has 0 radical (unpaired) electrons. The fraction of sp³-hybridized carbons (Fsp3) is 0.543. The van der Waals surface area contributed by atoms with Crippen LogP contribution in [0.3, 0.4) is 0 Å². The van der Waals surface area contributed by atoms with Gasteiger partial charge in [-0.3, -0.25) is 19.2 Å². The highest BCUT2D eigenvalue weighted by Crippen LogP contribution is 2.40. The molecule has 1 fully saturated rings. The van der Waals surface area contributed by atoms with Crippen LogP contribution in [-0.4, -0.2) is 80.1 Å². The lowest BCUT2D eigenvalue weighted by molar-refractivity contribution is -0.148. The Morgan fingerprint density at radius 1 is 0.891 bits per heavy atom. The minimum absolute atomic E-state index is 0.113. The Morgan fingerprint density at radius 3 is 2.00 bits per heavy atom. The number of nitrogens with zero attached hydrogens (tertiary/aromatic N) is 1. The van der Waals surface area contributed by atoms with Crippen LogP contribution in [0.4, 0.5) is 0 Å². The van der Waals surface area contributed by atoms with Crippen LogP contribution in [0, 0.1) is 10.8 Å². The van der Waals surface area contributed by atoms with Crippen LogP contribution in [0.5, 0.6) is 0 Å². The van der Waals surface area contributed by atoms with E-state index in [-0.39, 0.29) is 23.6 Å². The summed E-state index contributed by atoms with van der Waals surface area (Å²) in [5, 5.41) is 30.7. The maximum absolute atomic E-state index is 14.0. The molecule has 0 saturated carbocycles. The van der Waals surface area contributed by atoms with Crippen molar-refractivity contribution in [2.45, 2.75) is 96.9 Å². The van der Waals surface area contributed by atoms with Gasteiger partial charge in [0.2, 0.25) is 11.8 Å². The van der Waals surface area contributed by atoms with Crippen molar-refractivity contribution >= 4 is 35.4 Å². The second-order valence-corrected chi connectivity index (χ2v) is 16.3. The zero-order valence-electron chi connectivity index (χ0n) is 28.2. The molecule has 0 aliphatic carbocycles. The number of benzene rings is 2. The van der Waals surface area contributed by atoms with E-state index < -0.39 is 58.2 Å². The van der Waals surface area contributed by atoms with Crippen molar-refractivity contribution in [3.63, 3.8) is 0 Å². The van der Waals surface area contributed by atoms with E-state index >= 15 is 0 Å². The van der Waals surface area contributed by atoms with Gasteiger partial charge in [0, 0.05) is 11.3 Å². The van der Waals surface area contributed by atoms with Crippen LogP contribution in [0.25, 0.3) is 0 Å². The van der Waals surface area contributed by atoms with Gasteiger partial charge in [0.05, 0.1) is 11.9 Å². The van der Waals surface area contributed by atoms with E-state index in [9.17, 15) is 29.4 Å². The molecule has 4 amide bonds. The lowest BCUT2D eigenvalue weighted by atomic mass is 9.85. The lowest BCUT2D eigenvalue weighted by Gasteiger charge is -2.35. The Morgan fingerprint density at radius 2 is 1.46 bits per heavy atom. The molecular weight excluding hydrogens is 604 g/mol. The van der Waals surface area contributed by atoms with Gasteiger partial charge < -0.3 is 31.1 Å². The molecule has 3 rings (SSSR count). The van der Waals surface area contributed by atoms with Gasteiger partial charge >= 0.3 is 0 Å². The summed E-state index contributed by atoms with van der Waals surface area (Å²) in [6.07, 6.45) is -3.08. The van der Waals surface area contributed by atoms with Crippen LogP contribution >= 0.6 is 11.8 Å². The minimum atomic E-state index is -1.69. The van der Waals surface area contributed by atoms with Gasteiger partial charge in [-0.2, -0.15) is 0 Å². The Balaban J connectivity index is 1.87. The lowest BCUT2D eigenvalue weighted by Crippen LogP contribution is -2.61. The Kier molecular flexibility index (Phi) is 12.1. The summed E-state index contributed by atoms with van der Waals surface area (Å²) in [5.41, 5.74) is 0.185. The predicted octanol–water partition coefficient (Wildman–Crippen LogP) is 3.18. The van der Waals surface area contributed by atoms with Crippen molar-refractivity contribution in [3.8, 4) is 0 Å². The summed E-state index contributed by atoms with van der Waals surface area (Å²) >= 11 is 1.44. The molecule has 5 atom stereocenters. The van der Waals surface area contributed by atoms with Crippen molar-refractivity contribution in [2.75, 3.05) is 12.4 Å². The van der Waals surface area contributed by atoms with Gasteiger partial charge in [0.25, 0.3) is 11.8 Å². The molecule has 1 aliphatic heterocycles. The maximum atomic E-state index is 14.0. The van der Waals surface area contributed by atoms with Crippen molar-refractivity contribution in [1.29, 1.82) is 0 Å². The SMILES string of the molecule is CC(C)(C)CNC(=O)[C@H]1N(C(=O)[C@@H](O)[C@H](Cc2ccccc2)NC(=O)[C@@H](NC(=O)[C@@H](O)c2ccccc2)C(C)(C)C)CSC1(C)C. The van der Waals surface area contributed by atoms with Gasteiger partial charge in [-0.05, 0) is 42.2 Å². The summed E-state index contributed by atoms with van der Waals surface area (Å²) in [7, 11) is 0. The highest BCUT2D eigenvalue weighted by atomic mass is 32.2. The molecule has 10 nitrogen and oxygen atoms in total. The van der Waals surface area contributed by atoms with E-state index in [0.717, 1.165) is 5.56 Å². The van der Waals surface area contributed by atoms with E-state index in [1.165, 1.54) is 16.7 Å². The fourth-order valence-corrected chi connectivity index (χ4v) is 6.40. The fourth-order valence-electron chi connectivity index (χ4n) is 5.26. The average Bonchev–Trinajstić information content (AvgIpc) is 3.31. The number of aliphatic hydroxyl groups is 2. The predicted molar refractivity (Wildman–Crippen MR) is 181 cm³/mol. The molecule has 11 heteroatoms. The zero-order chi connectivity index (χ0) is 34.4. The molecule has 5 N–H and O–H groups in total. The summed E-state index contributed by atoms with van der Waals surface area (Å²) < 4.78 is -0.614. The second kappa shape index (κ2) is 15.0. The molecule has 0 spiro atoms. The van der Waals surface area contributed by atoms with Crippen LogP contribution in [0.15, 0.2) is 60.7 Å². The Hall–Kier alpha value is -3.41. The number of nitrogens with one attached hydrogen (secondary N) is 3. The third-order valence-corrected chi connectivity index (χ3v) is 9.28. The first kappa shape index (κ1) is 37.1. The van der Waals surface area contributed by atoms with Crippen LogP contribution < -0.4 is 16.0 Å². The maximum Gasteiger partial charge on any atom is 0.254 e. The number of thioether (sulfide) groups is 1. The van der Waals surface area contributed by atoms with E-state index in [0.29, 0.717) is 12.1 Å². The first-order chi connectivity index (χ1) is 21.3. The van der Waals surface area contributed by atoms with E-state index in [2.05, 4.69) is 16.0 Å². The van der Waals surface area contributed by atoms with Crippen molar-refractivity contribution in [1.82, 2.24) is 20.9 Å². The Labute approximate surface area is 277 Å². The molecule has 2 aromatic carbocycles. The topological polar surface area (TPSA) is 148 Å². The molecule has 0 bridgehead atoms. The normalized spacial score (nSPS) is 19.0. The van der Waals surface area contributed by atoms with Crippen molar-refractivity contribution < 1.29 is 29.4 Å². The Bertz CT molecular complexity index is 1360. The number of carbonyl (C=O) groups is 4. The van der Waals surface area contributed by atoms with Crippen molar-refractivity contribution in [2.24, 2.45) is 10.8 Å². The molecule has 1 saturated heterocycles. The van der Waals surface area contributed by atoms with Crippen LogP contribution in [0.2, 0.25) is 0 Å². The molecule has 0 aromatic heterocycles. The number of carbonyl (C=O) groups excluding carboxylic acids is 4.